The van der Waals surface area contributed by atoms with E-state index < -0.39 is 6.10 Å². The normalized spacial score (nSPS) is 13.2. The van der Waals surface area contributed by atoms with E-state index in [4.69, 9.17) is 5.26 Å². The molecule has 2 rings (SSSR count). The first-order valence-electron chi connectivity index (χ1n) is 6.54. The van der Waals surface area contributed by atoms with E-state index in [1.807, 2.05) is 37.3 Å². The maximum absolute atomic E-state index is 10.2. The maximum Gasteiger partial charge on any atom is 0.127 e. The van der Waals surface area contributed by atoms with Gasteiger partial charge in [0.1, 0.15) is 5.82 Å². The van der Waals surface area contributed by atoms with E-state index >= 15 is 0 Å². The minimum absolute atomic E-state index is 0.0478. The highest BCUT2D eigenvalue weighted by Crippen LogP contribution is 2.19. The highest BCUT2D eigenvalue weighted by atomic mass is 16.3. The molecule has 4 heteroatoms. The van der Waals surface area contributed by atoms with E-state index in [0.29, 0.717) is 17.8 Å². The van der Waals surface area contributed by atoms with Crippen molar-refractivity contribution in [2.24, 2.45) is 0 Å². The fraction of sp³-hybridized carbons (Fsp3) is 0.250. The summed E-state index contributed by atoms with van der Waals surface area (Å²) in [5.74, 6) is 0.650. The van der Waals surface area contributed by atoms with Gasteiger partial charge in [0.2, 0.25) is 0 Å². The van der Waals surface area contributed by atoms with Crippen LogP contribution in [0.4, 0.5) is 5.82 Å². The molecule has 0 aliphatic heterocycles. The highest BCUT2D eigenvalue weighted by Gasteiger charge is 2.12. The van der Waals surface area contributed by atoms with Gasteiger partial charge in [0.25, 0.3) is 0 Å². The molecule has 2 aromatic rings. The lowest BCUT2D eigenvalue weighted by molar-refractivity contribution is 0.162. The van der Waals surface area contributed by atoms with Crippen LogP contribution in [0.2, 0.25) is 0 Å². The van der Waals surface area contributed by atoms with Crippen LogP contribution in [0.15, 0.2) is 48.7 Å². The number of pyridine rings is 1. The molecule has 0 saturated carbocycles. The molecule has 0 aliphatic rings. The Bertz CT molecular complexity index is 592. The van der Waals surface area contributed by atoms with E-state index in [0.717, 1.165) is 5.56 Å². The first-order valence-corrected chi connectivity index (χ1v) is 6.54. The fourth-order valence-corrected chi connectivity index (χ4v) is 2.04. The van der Waals surface area contributed by atoms with Crippen molar-refractivity contribution in [3.63, 3.8) is 0 Å². The quantitative estimate of drug-likeness (QED) is 0.874. The first kappa shape index (κ1) is 14.0. The fourth-order valence-electron chi connectivity index (χ4n) is 2.04. The van der Waals surface area contributed by atoms with Crippen molar-refractivity contribution in [2.75, 3.05) is 5.32 Å². The Kier molecular flexibility index (Phi) is 4.70. The van der Waals surface area contributed by atoms with Gasteiger partial charge in [-0.05, 0) is 31.0 Å². The standard InChI is InChI=1S/C16H17N3O/c1-12(9-15(20)14-5-3-2-4-6-14)19-16-10-13(11-17)7-8-18-16/h2-8,10,12,15,20H,9H2,1H3,(H,18,19)/t12-,15-/m1/s1. The third kappa shape index (κ3) is 3.81. The van der Waals surface area contributed by atoms with Crippen molar-refractivity contribution in [2.45, 2.75) is 25.5 Å². The predicted molar refractivity (Wildman–Crippen MR) is 78.1 cm³/mol. The summed E-state index contributed by atoms with van der Waals surface area (Å²) in [7, 11) is 0. The summed E-state index contributed by atoms with van der Waals surface area (Å²) in [6.45, 7) is 1.98. The van der Waals surface area contributed by atoms with Crippen LogP contribution in [-0.2, 0) is 0 Å². The molecule has 0 amide bonds. The van der Waals surface area contributed by atoms with E-state index in [9.17, 15) is 5.11 Å². The Morgan fingerprint density at radius 1 is 1.30 bits per heavy atom. The Balaban J connectivity index is 1.95. The van der Waals surface area contributed by atoms with E-state index in [2.05, 4.69) is 16.4 Å². The number of aromatic nitrogens is 1. The summed E-state index contributed by atoms with van der Waals surface area (Å²) in [6, 6.07) is 15.1. The van der Waals surface area contributed by atoms with Gasteiger partial charge in [-0.1, -0.05) is 30.3 Å². The minimum Gasteiger partial charge on any atom is -0.388 e. The third-order valence-electron chi connectivity index (χ3n) is 3.04. The molecule has 0 fully saturated rings. The molecule has 20 heavy (non-hydrogen) atoms. The Morgan fingerprint density at radius 3 is 2.75 bits per heavy atom. The number of rotatable bonds is 5. The van der Waals surface area contributed by atoms with Gasteiger partial charge < -0.3 is 10.4 Å². The van der Waals surface area contributed by atoms with Crippen LogP contribution in [0.1, 0.15) is 30.6 Å². The van der Waals surface area contributed by atoms with Gasteiger partial charge in [0.05, 0.1) is 17.7 Å². The van der Waals surface area contributed by atoms with Crippen molar-refractivity contribution in [1.82, 2.24) is 4.98 Å². The van der Waals surface area contributed by atoms with Crippen LogP contribution in [0.25, 0.3) is 0 Å². The smallest absolute Gasteiger partial charge is 0.127 e. The molecule has 2 atom stereocenters. The number of nitrogens with one attached hydrogen (secondary N) is 1. The second-order valence-electron chi connectivity index (χ2n) is 4.75. The van der Waals surface area contributed by atoms with E-state index in [-0.39, 0.29) is 6.04 Å². The Hall–Kier alpha value is -2.38. The molecule has 2 N–H and O–H groups in total. The molecule has 1 aromatic carbocycles. The topological polar surface area (TPSA) is 68.9 Å². The molecule has 0 aliphatic carbocycles. The van der Waals surface area contributed by atoms with Gasteiger partial charge in [-0.3, -0.25) is 0 Å². The molecule has 0 saturated heterocycles. The van der Waals surface area contributed by atoms with Crippen LogP contribution >= 0.6 is 0 Å². The highest BCUT2D eigenvalue weighted by molar-refractivity contribution is 5.42. The van der Waals surface area contributed by atoms with Gasteiger partial charge in [0, 0.05) is 12.2 Å². The number of anilines is 1. The first-order chi connectivity index (χ1) is 9.69. The molecule has 0 spiro atoms. The number of aliphatic hydroxyl groups is 1. The predicted octanol–water partition coefficient (Wildman–Crippen LogP) is 2.88. The van der Waals surface area contributed by atoms with Gasteiger partial charge in [-0.2, -0.15) is 5.26 Å². The average Bonchev–Trinajstić information content (AvgIpc) is 2.48. The number of nitrogens with zero attached hydrogens (tertiary/aromatic N) is 2. The van der Waals surface area contributed by atoms with Gasteiger partial charge in [0.15, 0.2) is 0 Å². The Morgan fingerprint density at radius 2 is 2.05 bits per heavy atom. The zero-order valence-electron chi connectivity index (χ0n) is 11.3. The molecule has 1 aromatic heterocycles. The molecule has 0 bridgehead atoms. The maximum atomic E-state index is 10.2. The largest absolute Gasteiger partial charge is 0.388 e. The minimum atomic E-state index is -0.516. The molecular weight excluding hydrogens is 250 g/mol. The van der Waals surface area contributed by atoms with Gasteiger partial charge in [-0.25, -0.2) is 4.98 Å². The SMILES string of the molecule is C[C@H](C[C@@H](O)c1ccccc1)Nc1cc(C#N)ccn1. The lowest BCUT2D eigenvalue weighted by Gasteiger charge is -2.18. The van der Waals surface area contributed by atoms with Crippen molar-refractivity contribution >= 4 is 5.82 Å². The zero-order chi connectivity index (χ0) is 14.4. The molecular formula is C16H17N3O. The van der Waals surface area contributed by atoms with Crippen molar-refractivity contribution < 1.29 is 5.11 Å². The summed E-state index contributed by atoms with van der Waals surface area (Å²) in [6.07, 6.45) is 1.65. The molecule has 1 heterocycles. The van der Waals surface area contributed by atoms with Crippen molar-refractivity contribution in [3.05, 3.63) is 59.8 Å². The van der Waals surface area contributed by atoms with E-state index in [1.165, 1.54) is 0 Å². The van der Waals surface area contributed by atoms with Crippen LogP contribution in [0, 0.1) is 11.3 Å². The summed E-state index contributed by atoms with van der Waals surface area (Å²) >= 11 is 0. The Labute approximate surface area is 118 Å². The molecule has 0 radical (unpaired) electrons. The number of benzene rings is 1. The third-order valence-corrected chi connectivity index (χ3v) is 3.04. The van der Waals surface area contributed by atoms with E-state index in [1.54, 1.807) is 18.3 Å². The molecule has 0 unspecified atom stereocenters. The number of hydrogen-bond donors (Lipinski definition) is 2. The lowest BCUT2D eigenvalue weighted by Crippen LogP contribution is -2.19. The monoisotopic (exact) mass is 267 g/mol. The summed E-state index contributed by atoms with van der Waals surface area (Å²) in [5.41, 5.74) is 1.47. The van der Waals surface area contributed by atoms with Crippen LogP contribution < -0.4 is 5.32 Å². The number of hydrogen-bond acceptors (Lipinski definition) is 4. The number of nitriles is 1. The number of aliphatic hydroxyl groups excluding tert-OH is 1. The van der Waals surface area contributed by atoms with Crippen LogP contribution in [0.5, 0.6) is 0 Å². The lowest BCUT2D eigenvalue weighted by atomic mass is 10.0. The van der Waals surface area contributed by atoms with Crippen LogP contribution in [0.3, 0.4) is 0 Å². The zero-order valence-corrected chi connectivity index (χ0v) is 11.3. The van der Waals surface area contributed by atoms with Crippen molar-refractivity contribution in [1.29, 1.82) is 5.26 Å². The van der Waals surface area contributed by atoms with Crippen LogP contribution in [-0.4, -0.2) is 16.1 Å². The molecule has 102 valence electrons. The summed E-state index contributed by atoms with van der Waals surface area (Å²) in [4.78, 5) is 4.16. The van der Waals surface area contributed by atoms with Gasteiger partial charge in [-0.15, -0.1) is 0 Å². The summed E-state index contributed by atoms with van der Waals surface area (Å²) < 4.78 is 0. The molecule has 4 nitrogen and oxygen atoms in total. The average molecular weight is 267 g/mol. The van der Waals surface area contributed by atoms with Crippen molar-refractivity contribution in [3.8, 4) is 6.07 Å². The second-order valence-corrected chi connectivity index (χ2v) is 4.75. The summed E-state index contributed by atoms with van der Waals surface area (Å²) in [5, 5.41) is 22.2. The second kappa shape index (κ2) is 6.69. The van der Waals surface area contributed by atoms with Gasteiger partial charge >= 0.3 is 0 Å².